The number of aromatic nitrogens is 1. The maximum atomic E-state index is 12.1. The van der Waals surface area contributed by atoms with E-state index in [4.69, 9.17) is 0 Å². The summed E-state index contributed by atoms with van der Waals surface area (Å²) in [5.41, 5.74) is 2.44. The molecule has 0 saturated carbocycles. The van der Waals surface area contributed by atoms with E-state index in [1.54, 1.807) is 12.4 Å². The molecule has 0 radical (unpaired) electrons. The van der Waals surface area contributed by atoms with Crippen LogP contribution in [0.2, 0.25) is 0 Å². The summed E-state index contributed by atoms with van der Waals surface area (Å²) >= 11 is 1.85. The van der Waals surface area contributed by atoms with Gasteiger partial charge in [-0.1, -0.05) is 6.07 Å². The van der Waals surface area contributed by atoms with E-state index in [0.717, 1.165) is 25.1 Å². The number of carbonyl (C=O) groups is 1. The van der Waals surface area contributed by atoms with Gasteiger partial charge in [0, 0.05) is 42.9 Å². The van der Waals surface area contributed by atoms with Gasteiger partial charge < -0.3 is 10.6 Å². The molecule has 3 heterocycles. The fraction of sp³-hybridized carbons (Fsp3) is 0.444. The number of thiophene rings is 1. The molecule has 2 amide bonds. The minimum atomic E-state index is -0.133. The number of amides is 2. The van der Waals surface area contributed by atoms with Crippen molar-refractivity contribution in [1.82, 2.24) is 20.5 Å². The Hall–Kier alpha value is -1.92. The van der Waals surface area contributed by atoms with Crippen LogP contribution in [0, 0.1) is 0 Å². The van der Waals surface area contributed by atoms with Crippen LogP contribution < -0.4 is 10.6 Å². The number of carbonyl (C=O) groups excluding carboxylic acids is 1. The standard InChI is InChI=1S/C18H24N4OS/c1-13(22-8-5-17-16(12-22)6-9-24-17)10-20-18(23)21-14(2)15-4-3-7-19-11-15/h3-4,6-7,9,11,13-14H,5,8,10,12H2,1-2H3,(H2,20,21,23)/t13-,14-/m1/s1. The first-order valence-corrected chi connectivity index (χ1v) is 9.25. The first-order valence-electron chi connectivity index (χ1n) is 8.37. The fourth-order valence-corrected chi connectivity index (χ4v) is 3.87. The lowest BCUT2D eigenvalue weighted by atomic mass is 10.1. The number of fused-ring (bicyclic) bond motifs is 1. The Balaban J connectivity index is 1.44. The van der Waals surface area contributed by atoms with Crippen molar-refractivity contribution in [2.75, 3.05) is 13.1 Å². The number of nitrogens with one attached hydrogen (secondary N) is 2. The molecule has 2 aromatic rings. The predicted molar refractivity (Wildman–Crippen MR) is 97.1 cm³/mol. The summed E-state index contributed by atoms with van der Waals surface area (Å²) in [6, 6.07) is 6.19. The largest absolute Gasteiger partial charge is 0.337 e. The average Bonchev–Trinajstić information content (AvgIpc) is 3.08. The number of pyridine rings is 1. The van der Waals surface area contributed by atoms with Gasteiger partial charge in [-0.05, 0) is 48.9 Å². The van der Waals surface area contributed by atoms with E-state index in [1.807, 2.05) is 30.4 Å². The van der Waals surface area contributed by atoms with E-state index in [-0.39, 0.29) is 12.1 Å². The summed E-state index contributed by atoms with van der Waals surface area (Å²) < 4.78 is 0. The van der Waals surface area contributed by atoms with Gasteiger partial charge in [0.05, 0.1) is 6.04 Å². The molecular formula is C18H24N4OS. The summed E-state index contributed by atoms with van der Waals surface area (Å²) in [6.07, 6.45) is 4.62. The van der Waals surface area contributed by atoms with Gasteiger partial charge in [0.25, 0.3) is 0 Å². The molecule has 0 aromatic carbocycles. The van der Waals surface area contributed by atoms with Crippen molar-refractivity contribution >= 4 is 17.4 Å². The summed E-state index contributed by atoms with van der Waals surface area (Å²) in [5.74, 6) is 0. The van der Waals surface area contributed by atoms with E-state index < -0.39 is 0 Å². The molecule has 0 bridgehead atoms. The molecule has 0 fully saturated rings. The van der Waals surface area contributed by atoms with Crippen molar-refractivity contribution in [3.63, 3.8) is 0 Å². The van der Waals surface area contributed by atoms with Crippen molar-refractivity contribution < 1.29 is 4.79 Å². The number of hydrogen-bond donors (Lipinski definition) is 2. The SMILES string of the molecule is C[C@H](CNC(=O)N[C@H](C)c1cccnc1)N1CCc2sccc2C1. The third-order valence-corrected chi connectivity index (χ3v) is 5.57. The lowest BCUT2D eigenvalue weighted by Crippen LogP contribution is -2.46. The monoisotopic (exact) mass is 344 g/mol. The van der Waals surface area contributed by atoms with Gasteiger partial charge in [0.15, 0.2) is 0 Å². The van der Waals surface area contributed by atoms with Crippen LogP contribution >= 0.6 is 11.3 Å². The smallest absolute Gasteiger partial charge is 0.315 e. The van der Waals surface area contributed by atoms with E-state index in [2.05, 4.69) is 38.9 Å². The van der Waals surface area contributed by atoms with E-state index >= 15 is 0 Å². The van der Waals surface area contributed by atoms with E-state index in [9.17, 15) is 4.79 Å². The highest BCUT2D eigenvalue weighted by molar-refractivity contribution is 7.10. The Bertz CT molecular complexity index is 673. The van der Waals surface area contributed by atoms with Gasteiger partial charge in [-0.3, -0.25) is 9.88 Å². The number of urea groups is 1. The van der Waals surface area contributed by atoms with Gasteiger partial charge in [-0.15, -0.1) is 11.3 Å². The highest BCUT2D eigenvalue weighted by atomic mass is 32.1. The summed E-state index contributed by atoms with van der Waals surface area (Å²) in [4.78, 5) is 20.1. The van der Waals surface area contributed by atoms with Crippen molar-refractivity contribution in [3.05, 3.63) is 52.0 Å². The third-order valence-electron chi connectivity index (χ3n) is 4.55. The van der Waals surface area contributed by atoms with Gasteiger partial charge in [-0.2, -0.15) is 0 Å². The molecule has 2 N–H and O–H groups in total. The van der Waals surface area contributed by atoms with Crippen LogP contribution in [0.5, 0.6) is 0 Å². The zero-order valence-corrected chi connectivity index (χ0v) is 15.0. The van der Waals surface area contributed by atoms with Crippen LogP contribution in [-0.2, 0) is 13.0 Å². The molecule has 2 aromatic heterocycles. The van der Waals surface area contributed by atoms with Crippen LogP contribution in [0.25, 0.3) is 0 Å². The molecule has 0 aliphatic carbocycles. The maximum Gasteiger partial charge on any atom is 0.315 e. The fourth-order valence-electron chi connectivity index (χ4n) is 2.98. The summed E-state index contributed by atoms with van der Waals surface area (Å²) in [7, 11) is 0. The topological polar surface area (TPSA) is 57.3 Å². The summed E-state index contributed by atoms with van der Waals surface area (Å²) in [5, 5.41) is 8.12. The molecule has 1 aliphatic heterocycles. The van der Waals surface area contributed by atoms with Crippen LogP contribution in [0.15, 0.2) is 36.0 Å². The molecule has 6 heteroatoms. The lowest BCUT2D eigenvalue weighted by molar-refractivity contribution is 0.185. The normalized spacial score (nSPS) is 16.9. The molecule has 0 unspecified atom stereocenters. The van der Waals surface area contributed by atoms with Crippen molar-refractivity contribution in [2.45, 2.75) is 38.9 Å². The Morgan fingerprint density at radius 3 is 3.08 bits per heavy atom. The zero-order valence-electron chi connectivity index (χ0n) is 14.2. The molecule has 0 saturated heterocycles. The average molecular weight is 344 g/mol. The quantitative estimate of drug-likeness (QED) is 0.877. The minimum absolute atomic E-state index is 0.0580. The highest BCUT2D eigenvalue weighted by Crippen LogP contribution is 2.24. The minimum Gasteiger partial charge on any atom is -0.337 e. The number of nitrogens with zero attached hydrogens (tertiary/aromatic N) is 2. The summed E-state index contributed by atoms with van der Waals surface area (Å²) in [6.45, 7) is 6.81. The Morgan fingerprint density at radius 2 is 2.29 bits per heavy atom. The Kier molecular flexibility index (Phi) is 5.48. The van der Waals surface area contributed by atoms with Gasteiger partial charge in [0.2, 0.25) is 0 Å². The second-order valence-electron chi connectivity index (χ2n) is 6.30. The van der Waals surface area contributed by atoms with E-state index in [1.165, 1.54) is 10.4 Å². The molecular weight excluding hydrogens is 320 g/mol. The molecule has 128 valence electrons. The second kappa shape index (κ2) is 7.77. The molecule has 1 aliphatic rings. The van der Waals surface area contributed by atoms with E-state index in [0.29, 0.717) is 12.6 Å². The predicted octanol–water partition coefficient (Wildman–Crippen LogP) is 2.95. The Morgan fingerprint density at radius 1 is 1.42 bits per heavy atom. The molecule has 5 nitrogen and oxygen atoms in total. The third kappa shape index (κ3) is 4.13. The second-order valence-corrected chi connectivity index (χ2v) is 7.30. The van der Waals surface area contributed by atoms with Gasteiger partial charge in [-0.25, -0.2) is 4.79 Å². The lowest BCUT2D eigenvalue weighted by Gasteiger charge is -2.32. The molecule has 3 rings (SSSR count). The first-order chi connectivity index (χ1) is 11.6. The molecule has 2 atom stereocenters. The van der Waals surface area contributed by atoms with Crippen LogP contribution in [0.3, 0.4) is 0 Å². The Labute approximate surface area is 147 Å². The highest BCUT2D eigenvalue weighted by Gasteiger charge is 2.21. The van der Waals surface area contributed by atoms with Crippen molar-refractivity contribution in [2.24, 2.45) is 0 Å². The van der Waals surface area contributed by atoms with Crippen molar-refractivity contribution in [3.8, 4) is 0 Å². The zero-order chi connectivity index (χ0) is 16.9. The van der Waals surface area contributed by atoms with Crippen molar-refractivity contribution in [1.29, 1.82) is 0 Å². The van der Waals surface area contributed by atoms with Crippen LogP contribution in [-0.4, -0.2) is 35.0 Å². The number of hydrogen-bond acceptors (Lipinski definition) is 4. The van der Waals surface area contributed by atoms with Gasteiger partial charge >= 0.3 is 6.03 Å². The van der Waals surface area contributed by atoms with Crippen LogP contribution in [0.1, 0.15) is 35.9 Å². The number of rotatable bonds is 5. The van der Waals surface area contributed by atoms with Crippen LogP contribution in [0.4, 0.5) is 4.79 Å². The maximum absolute atomic E-state index is 12.1. The molecule has 0 spiro atoms. The first kappa shape index (κ1) is 16.9. The van der Waals surface area contributed by atoms with Gasteiger partial charge in [0.1, 0.15) is 0 Å². The molecule has 24 heavy (non-hydrogen) atoms.